The van der Waals surface area contributed by atoms with Gasteiger partial charge in [0.05, 0.1) is 6.21 Å². The van der Waals surface area contributed by atoms with Gasteiger partial charge in [0, 0.05) is 5.56 Å². The quantitative estimate of drug-likeness (QED) is 0.379. The van der Waals surface area contributed by atoms with Gasteiger partial charge in [0.2, 0.25) is 6.61 Å². The van der Waals surface area contributed by atoms with Gasteiger partial charge in [0.25, 0.3) is 0 Å². The Bertz CT molecular complexity index is 1030. The SMILES string of the molecule is CC(C)(C)c1ccc(COc2ccc(-c3ccccc3C=NOCC(=O)O)cc2)cc1. The second kappa shape index (κ2) is 9.94. The van der Waals surface area contributed by atoms with E-state index in [9.17, 15) is 4.79 Å². The topological polar surface area (TPSA) is 68.1 Å². The summed E-state index contributed by atoms with van der Waals surface area (Å²) in [5.41, 5.74) is 5.37. The van der Waals surface area contributed by atoms with Crippen LogP contribution in [0, 0.1) is 0 Å². The average Bonchev–Trinajstić information content (AvgIpc) is 2.75. The van der Waals surface area contributed by atoms with Crippen LogP contribution < -0.4 is 4.74 Å². The third kappa shape index (κ3) is 6.44. The van der Waals surface area contributed by atoms with E-state index in [2.05, 4.69) is 50.2 Å². The van der Waals surface area contributed by atoms with Crippen LogP contribution in [0.2, 0.25) is 0 Å². The van der Waals surface area contributed by atoms with Crippen LogP contribution in [-0.2, 0) is 21.7 Å². The summed E-state index contributed by atoms with van der Waals surface area (Å²) in [5.74, 6) is -0.272. The van der Waals surface area contributed by atoms with E-state index in [1.54, 1.807) is 0 Å². The molecule has 0 amide bonds. The molecule has 0 aromatic heterocycles. The Morgan fingerprint density at radius 3 is 2.29 bits per heavy atom. The molecule has 0 radical (unpaired) electrons. The van der Waals surface area contributed by atoms with Crippen molar-refractivity contribution in [3.05, 3.63) is 89.5 Å². The molecule has 0 aliphatic carbocycles. The van der Waals surface area contributed by atoms with Gasteiger partial charge in [-0.1, -0.05) is 86.6 Å². The molecule has 5 heteroatoms. The van der Waals surface area contributed by atoms with Crippen molar-refractivity contribution in [2.24, 2.45) is 5.16 Å². The monoisotopic (exact) mass is 417 g/mol. The van der Waals surface area contributed by atoms with Crippen molar-refractivity contribution in [3.8, 4) is 16.9 Å². The number of hydrogen-bond donors (Lipinski definition) is 1. The number of hydrogen-bond acceptors (Lipinski definition) is 4. The lowest BCUT2D eigenvalue weighted by atomic mass is 9.87. The number of aliphatic carboxylic acids is 1. The number of ether oxygens (including phenoxy) is 1. The molecule has 3 rings (SSSR count). The minimum absolute atomic E-state index is 0.138. The van der Waals surface area contributed by atoms with Crippen LogP contribution in [0.5, 0.6) is 5.75 Å². The smallest absolute Gasteiger partial charge is 0.344 e. The fourth-order valence-corrected chi connectivity index (χ4v) is 3.06. The van der Waals surface area contributed by atoms with Crippen molar-refractivity contribution in [3.63, 3.8) is 0 Å². The zero-order valence-corrected chi connectivity index (χ0v) is 18.0. The molecular weight excluding hydrogens is 390 g/mol. The molecule has 0 saturated heterocycles. The van der Waals surface area contributed by atoms with Crippen LogP contribution in [0.15, 0.2) is 78.0 Å². The van der Waals surface area contributed by atoms with Crippen molar-refractivity contribution in [2.75, 3.05) is 6.61 Å². The van der Waals surface area contributed by atoms with E-state index >= 15 is 0 Å². The maximum absolute atomic E-state index is 10.5. The Kier molecular flexibility index (Phi) is 7.08. The van der Waals surface area contributed by atoms with E-state index in [-0.39, 0.29) is 5.41 Å². The fourth-order valence-electron chi connectivity index (χ4n) is 3.06. The first-order valence-corrected chi connectivity index (χ1v) is 10.1. The zero-order valence-electron chi connectivity index (χ0n) is 18.0. The lowest BCUT2D eigenvalue weighted by Gasteiger charge is -2.19. The molecule has 160 valence electrons. The molecule has 3 aromatic rings. The number of rotatable bonds is 8. The first kappa shape index (κ1) is 22.1. The summed E-state index contributed by atoms with van der Waals surface area (Å²) in [7, 11) is 0. The molecule has 0 aliphatic rings. The highest BCUT2D eigenvalue weighted by atomic mass is 16.6. The first-order chi connectivity index (χ1) is 14.8. The Morgan fingerprint density at radius 1 is 0.968 bits per heavy atom. The third-order valence-corrected chi connectivity index (χ3v) is 4.81. The summed E-state index contributed by atoms with van der Waals surface area (Å²) in [5, 5.41) is 12.4. The highest BCUT2D eigenvalue weighted by molar-refractivity contribution is 5.90. The summed E-state index contributed by atoms with van der Waals surface area (Å²) in [6, 6.07) is 24.1. The van der Waals surface area contributed by atoms with E-state index in [1.807, 2.05) is 48.5 Å². The molecule has 0 bridgehead atoms. The maximum atomic E-state index is 10.5. The highest BCUT2D eigenvalue weighted by Crippen LogP contribution is 2.26. The van der Waals surface area contributed by atoms with Crippen LogP contribution in [0.25, 0.3) is 11.1 Å². The highest BCUT2D eigenvalue weighted by Gasteiger charge is 2.12. The zero-order chi connectivity index (χ0) is 22.3. The fraction of sp³-hybridized carbons (Fsp3) is 0.231. The van der Waals surface area contributed by atoms with Crippen molar-refractivity contribution in [1.29, 1.82) is 0 Å². The van der Waals surface area contributed by atoms with E-state index in [0.29, 0.717) is 6.61 Å². The summed E-state index contributed by atoms with van der Waals surface area (Å²) in [6.45, 7) is 6.64. The normalized spacial score (nSPS) is 11.5. The molecule has 0 heterocycles. The number of benzene rings is 3. The number of carboxylic acid groups (broad SMARTS) is 1. The summed E-state index contributed by atoms with van der Waals surface area (Å²) in [4.78, 5) is 15.3. The molecule has 0 fully saturated rings. The molecule has 0 saturated carbocycles. The molecular formula is C26H27NO4. The Morgan fingerprint density at radius 2 is 1.65 bits per heavy atom. The Balaban J connectivity index is 1.65. The maximum Gasteiger partial charge on any atom is 0.344 e. The predicted molar refractivity (Wildman–Crippen MR) is 123 cm³/mol. The number of oxime groups is 1. The second-order valence-electron chi connectivity index (χ2n) is 8.25. The standard InChI is InChI=1S/C26H27NO4/c1-26(2,3)22-12-8-19(9-13-22)17-30-23-14-10-20(11-15-23)24-7-5-4-6-21(24)16-27-31-18-25(28)29/h4-16H,17-18H2,1-3H3,(H,28,29). The lowest BCUT2D eigenvalue weighted by molar-refractivity contribution is -0.142. The molecule has 0 aliphatic heterocycles. The van der Waals surface area contributed by atoms with Gasteiger partial charge in [-0.25, -0.2) is 4.79 Å². The van der Waals surface area contributed by atoms with Gasteiger partial charge in [-0.05, 0) is 39.8 Å². The van der Waals surface area contributed by atoms with E-state index < -0.39 is 12.6 Å². The van der Waals surface area contributed by atoms with Crippen LogP contribution >= 0.6 is 0 Å². The van der Waals surface area contributed by atoms with Crippen LogP contribution in [-0.4, -0.2) is 23.9 Å². The summed E-state index contributed by atoms with van der Waals surface area (Å²) >= 11 is 0. The second-order valence-corrected chi connectivity index (χ2v) is 8.25. The van der Waals surface area contributed by atoms with E-state index in [1.165, 1.54) is 11.8 Å². The van der Waals surface area contributed by atoms with Gasteiger partial charge >= 0.3 is 5.97 Å². The number of carbonyl (C=O) groups is 1. The van der Waals surface area contributed by atoms with Crippen LogP contribution in [0.3, 0.4) is 0 Å². The van der Waals surface area contributed by atoms with Gasteiger partial charge in [0.15, 0.2) is 0 Å². The molecule has 31 heavy (non-hydrogen) atoms. The molecule has 0 atom stereocenters. The molecule has 0 spiro atoms. The third-order valence-electron chi connectivity index (χ3n) is 4.81. The van der Waals surface area contributed by atoms with E-state index in [4.69, 9.17) is 14.7 Å². The van der Waals surface area contributed by atoms with E-state index in [0.717, 1.165) is 28.0 Å². The van der Waals surface area contributed by atoms with Gasteiger partial charge < -0.3 is 14.7 Å². The van der Waals surface area contributed by atoms with Gasteiger partial charge in [-0.3, -0.25) is 0 Å². The van der Waals surface area contributed by atoms with Crippen LogP contribution in [0.1, 0.15) is 37.5 Å². The molecule has 1 N–H and O–H groups in total. The van der Waals surface area contributed by atoms with Crippen molar-refractivity contribution >= 4 is 12.2 Å². The van der Waals surface area contributed by atoms with Gasteiger partial charge in [-0.15, -0.1) is 0 Å². The largest absolute Gasteiger partial charge is 0.489 e. The van der Waals surface area contributed by atoms with Gasteiger partial charge in [-0.2, -0.15) is 0 Å². The molecule has 5 nitrogen and oxygen atoms in total. The minimum Gasteiger partial charge on any atom is -0.489 e. The number of carboxylic acids is 1. The van der Waals surface area contributed by atoms with Gasteiger partial charge in [0.1, 0.15) is 12.4 Å². The Hall–Kier alpha value is -3.60. The van der Waals surface area contributed by atoms with Crippen molar-refractivity contribution in [2.45, 2.75) is 32.8 Å². The molecule has 0 unspecified atom stereocenters. The minimum atomic E-state index is -1.06. The van der Waals surface area contributed by atoms with Crippen molar-refractivity contribution < 1.29 is 19.5 Å². The van der Waals surface area contributed by atoms with Crippen molar-refractivity contribution in [1.82, 2.24) is 0 Å². The Labute approximate surface area is 182 Å². The average molecular weight is 418 g/mol. The summed E-state index contributed by atoms with van der Waals surface area (Å²) in [6.07, 6.45) is 1.52. The number of nitrogens with zero attached hydrogens (tertiary/aromatic N) is 1. The van der Waals surface area contributed by atoms with Crippen LogP contribution in [0.4, 0.5) is 0 Å². The lowest BCUT2D eigenvalue weighted by Crippen LogP contribution is -2.10. The first-order valence-electron chi connectivity index (χ1n) is 10.1. The predicted octanol–water partition coefficient (Wildman–Crippen LogP) is 5.67. The summed E-state index contributed by atoms with van der Waals surface area (Å²) < 4.78 is 5.94. The molecule has 3 aromatic carbocycles.